The van der Waals surface area contributed by atoms with Gasteiger partial charge in [-0.2, -0.15) is 5.26 Å². The van der Waals surface area contributed by atoms with Gasteiger partial charge in [0.1, 0.15) is 5.54 Å². The summed E-state index contributed by atoms with van der Waals surface area (Å²) in [6.07, 6.45) is 3.45. The Morgan fingerprint density at radius 3 is 2.77 bits per heavy atom. The summed E-state index contributed by atoms with van der Waals surface area (Å²) in [7, 11) is 0. The predicted octanol–water partition coefficient (Wildman–Crippen LogP) is 1.41. The minimum absolute atomic E-state index is 0.591. The number of rotatable bonds is 3. The molecule has 0 saturated heterocycles. The van der Waals surface area contributed by atoms with Crippen LogP contribution in [0.15, 0.2) is 29.4 Å². The summed E-state index contributed by atoms with van der Waals surface area (Å²) in [5, 5.41) is 8.67. The highest BCUT2D eigenvalue weighted by Gasteiger charge is 2.16. The summed E-state index contributed by atoms with van der Waals surface area (Å²) in [6, 6.07) is 5.85. The fourth-order valence-corrected chi connectivity index (χ4v) is 1.55. The van der Waals surface area contributed by atoms with Gasteiger partial charge in [0.2, 0.25) is 0 Å². The Kier molecular flexibility index (Phi) is 3.29. The highest BCUT2D eigenvalue weighted by Crippen LogP contribution is 2.19. The van der Waals surface area contributed by atoms with Crippen LogP contribution in [0.1, 0.15) is 6.92 Å². The molecule has 1 unspecified atom stereocenters. The molecule has 68 valence electrons. The van der Waals surface area contributed by atoms with Crippen LogP contribution in [0.25, 0.3) is 0 Å². The number of nitriles is 1. The first-order chi connectivity index (χ1) is 6.14. The van der Waals surface area contributed by atoms with Crippen LogP contribution in [-0.4, -0.2) is 16.3 Å². The van der Waals surface area contributed by atoms with E-state index in [0.717, 1.165) is 4.90 Å². The van der Waals surface area contributed by atoms with Crippen LogP contribution < -0.4 is 5.73 Å². The lowest BCUT2D eigenvalue weighted by molar-refractivity contribution is 0.682. The Bertz CT molecular complexity index is 302. The van der Waals surface area contributed by atoms with E-state index < -0.39 is 5.54 Å². The molecule has 0 saturated carbocycles. The van der Waals surface area contributed by atoms with E-state index in [9.17, 15) is 0 Å². The Balaban J connectivity index is 2.50. The summed E-state index contributed by atoms with van der Waals surface area (Å²) in [5.41, 5.74) is 4.91. The molecule has 0 spiro atoms. The van der Waals surface area contributed by atoms with E-state index in [2.05, 4.69) is 11.1 Å². The minimum Gasteiger partial charge on any atom is -0.313 e. The van der Waals surface area contributed by atoms with E-state index in [1.165, 1.54) is 0 Å². The predicted molar refractivity (Wildman–Crippen MR) is 53.2 cm³/mol. The van der Waals surface area contributed by atoms with E-state index in [0.29, 0.717) is 5.75 Å². The van der Waals surface area contributed by atoms with E-state index in [-0.39, 0.29) is 0 Å². The van der Waals surface area contributed by atoms with E-state index in [1.54, 1.807) is 31.1 Å². The van der Waals surface area contributed by atoms with E-state index >= 15 is 0 Å². The quantitative estimate of drug-likeness (QED) is 0.737. The Morgan fingerprint density at radius 1 is 1.62 bits per heavy atom. The van der Waals surface area contributed by atoms with E-state index in [4.69, 9.17) is 11.0 Å². The fraction of sp³-hybridized carbons (Fsp3) is 0.333. The Labute approximate surface area is 82.0 Å². The Hall–Kier alpha value is -1.05. The monoisotopic (exact) mass is 193 g/mol. The molecule has 0 aliphatic heterocycles. The first kappa shape index (κ1) is 10.0. The number of thioether (sulfide) groups is 1. The van der Waals surface area contributed by atoms with Gasteiger partial charge in [-0.05, 0) is 19.1 Å². The van der Waals surface area contributed by atoms with Crippen molar-refractivity contribution in [3.8, 4) is 6.07 Å². The molecule has 0 aliphatic rings. The zero-order valence-electron chi connectivity index (χ0n) is 7.40. The van der Waals surface area contributed by atoms with Gasteiger partial charge in [-0.3, -0.25) is 4.98 Å². The van der Waals surface area contributed by atoms with Crippen LogP contribution in [0.5, 0.6) is 0 Å². The van der Waals surface area contributed by atoms with Crippen molar-refractivity contribution in [1.82, 2.24) is 4.98 Å². The van der Waals surface area contributed by atoms with Crippen LogP contribution in [-0.2, 0) is 0 Å². The van der Waals surface area contributed by atoms with Crippen molar-refractivity contribution in [2.24, 2.45) is 5.73 Å². The summed E-state index contributed by atoms with van der Waals surface area (Å²) >= 11 is 1.56. The summed E-state index contributed by atoms with van der Waals surface area (Å²) < 4.78 is 0. The molecule has 13 heavy (non-hydrogen) atoms. The van der Waals surface area contributed by atoms with Gasteiger partial charge in [-0.15, -0.1) is 11.8 Å². The molecule has 0 radical (unpaired) electrons. The summed E-state index contributed by atoms with van der Waals surface area (Å²) in [5.74, 6) is 0.591. The van der Waals surface area contributed by atoms with Crippen LogP contribution in [0.2, 0.25) is 0 Å². The molecular formula is C9H11N3S. The zero-order valence-corrected chi connectivity index (χ0v) is 8.21. The van der Waals surface area contributed by atoms with Crippen LogP contribution in [0.4, 0.5) is 0 Å². The van der Waals surface area contributed by atoms with E-state index in [1.807, 2.05) is 12.1 Å². The maximum Gasteiger partial charge on any atom is 0.110 e. The molecule has 2 N–H and O–H groups in total. The third kappa shape index (κ3) is 3.45. The molecule has 1 aromatic rings. The standard InChI is InChI=1S/C9H11N3S/c1-9(11,6-10)7-13-8-2-4-12-5-3-8/h2-5H,7,11H2,1H3. The molecule has 1 atom stereocenters. The number of hydrogen-bond acceptors (Lipinski definition) is 4. The highest BCUT2D eigenvalue weighted by molar-refractivity contribution is 7.99. The first-order valence-electron chi connectivity index (χ1n) is 3.87. The van der Waals surface area contributed by atoms with Crippen molar-refractivity contribution >= 4 is 11.8 Å². The maximum atomic E-state index is 8.67. The average Bonchev–Trinajstić information content (AvgIpc) is 2.17. The SMILES string of the molecule is CC(N)(C#N)CSc1ccncc1. The van der Waals surface area contributed by atoms with Crippen LogP contribution in [0, 0.1) is 11.3 Å². The van der Waals surface area contributed by atoms with Crippen LogP contribution in [0.3, 0.4) is 0 Å². The van der Waals surface area contributed by atoms with Crippen molar-refractivity contribution in [2.45, 2.75) is 17.4 Å². The molecule has 4 heteroatoms. The van der Waals surface area contributed by atoms with Crippen molar-refractivity contribution in [3.05, 3.63) is 24.5 Å². The molecule has 1 rings (SSSR count). The second-order valence-electron chi connectivity index (χ2n) is 3.00. The lowest BCUT2D eigenvalue weighted by Crippen LogP contribution is -2.36. The molecule has 1 heterocycles. The van der Waals surface area contributed by atoms with Crippen molar-refractivity contribution < 1.29 is 0 Å². The second kappa shape index (κ2) is 4.26. The lowest BCUT2D eigenvalue weighted by atomic mass is 10.1. The first-order valence-corrected chi connectivity index (χ1v) is 4.85. The van der Waals surface area contributed by atoms with Gasteiger partial charge in [0.05, 0.1) is 6.07 Å². The number of nitrogens with two attached hydrogens (primary N) is 1. The fourth-order valence-electron chi connectivity index (χ4n) is 0.700. The third-order valence-electron chi connectivity index (χ3n) is 1.44. The van der Waals surface area contributed by atoms with Crippen molar-refractivity contribution in [1.29, 1.82) is 5.26 Å². The summed E-state index contributed by atoms with van der Waals surface area (Å²) in [4.78, 5) is 4.99. The number of nitrogens with zero attached hydrogens (tertiary/aromatic N) is 2. The van der Waals surface area contributed by atoms with Gasteiger partial charge in [0.25, 0.3) is 0 Å². The number of pyridine rings is 1. The van der Waals surface area contributed by atoms with Crippen molar-refractivity contribution in [2.75, 3.05) is 5.75 Å². The van der Waals surface area contributed by atoms with Crippen LogP contribution >= 0.6 is 11.8 Å². The third-order valence-corrected chi connectivity index (χ3v) is 2.79. The molecule has 3 nitrogen and oxygen atoms in total. The average molecular weight is 193 g/mol. The normalized spacial score (nSPS) is 14.5. The number of hydrogen-bond donors (Lipinski definition) is 1. The topological polar surface area (TPSA) is 62.7 Å². The Morgan fingerprint density at radius 2 is 2.23 bits per heavy atom. The summed E-state index contributed by atoms with van der Waals surface area (Å²) in [6.45, 7) is 1.72. The molecule has 0 amide bonds. The smallest absolute Gasteiger partial charge is 0.110 e. The molecule has 0 bridgehead atoms. The van der Waals surface area contributed by atoms with Crippen molar-refractivity contribution in [3.63, 3.8) is 0 Å². The van der Waals surface area contributed by atoms with Gasteiger partial charge in [-0.25, -0.2) is 0 Å². The second-order valence-corrected chi connectivity index (χ2v) is 4.05. The lowest BCUT2D eigenvalue weighted by Gasteiger charge is -2.13. The number of aromatic nitrogens is 1. The molecule has 1 aromatic heterocycles. The highest BCUT2D eigenvalue weighted by atomic mass is 32.2. The zero-order chi connectivity index (χ0) is 9.73. The largest absolute Gasteiger partial charge is 0.313 e. The molecule has 0 aromatic carbocycles. The van der Waals surface area contributed by atoms with Gasteiger partial charge in [-0.1, -0.05) is 0 Å². The molecule has 0 fully saturated rings. The van der Waals surface area contributed by atoms with Gasteiger partial charge >= 0.3 is 0 Å². The van der Waals surface area contributed by atoms with Gasteiger partial charge < -0.3 is 5.73 Å². The molecule has 0 aliphatic carbocycles. The van der Waals surface area contributed by atoms with Gasteiger partial charge in [0.15, 0.2) is 0 Å². The minimum atomic E-state index is -0.756. The maximum absolute atomic E-state index is 8.67. The van der Waals surface area contributed by atoms with Gasteiger partial charge in [0, 0.05) is 23.0 Å². The molecular weight excluding hydrogens is 182 g/mol.